The van der Waals surface area contributed by atoms with Crippen LogP contribution in [0.5, 0.6) is 0 Å². The van der Waals surface area contributed by atoms with Crippen LogP contribution in [0.25, 0.3) is 11.0 Å². The molecule has 1 atom stereocenters. The van der Waals surface area contributed by atoms with Gasteiger partial charge in [0, 0.05) is 19.6 Å². The van der Waals surface area contributed by atoms with Crippen LogP contribution in [0.1, 0.15) is 11.4 Å². The van der Waals surface area contributed by atoms with Crippen molar-refractivity contribution in [3.05, 3.63) is 48.3 Å². The predicted octanol–water partition coefficient (Wildman–Crippen LogP) is 1.43. The summed E-state index contributed by atoms with van der Waals surface area (Å²) < 4.78 is 7.67. The zero-order valence-corrected chi connectivity index (χ0v) is 13.7. The van der Waals surface area contributed by atoms with Crippen molar-refractivity contribution in [3.63, 3.8) is 0 Å². The van der Waals surface area contributed by atoms with E-state index in [1.807, 2.05) is 35.9 Å². The number of benzene rings is 1. The van der Waals surface area contributed by atoms with Crippen LogP contribution >= 0.6 is 0 Å². The monoisotopic (exact) mass is 324 g/mol. The molecule has 0 saturated carbocycles. The van der Waals surface area contributed by atoms with Crippen molar-refractivity contribution in [1.29, 1.82) is 0 Å². The van der Waals surface area contributed by atoms with Gasteiger partial charge in [0.15, 0.2) is 0 Å². The maximum atomic E-state index is 5.85. The second kappa shape index (κ2) is 6.62. The van der Waals surface area contributed by atoms with Crippen molar-refractivity contribution in [2.75, 3.05) is 19.7 Å². The minimum Gasteiger partial charge on any atom is -0.374 e. The first-order chi connectivity index (χ1) is 11.8. The lowest BCUT2D eigenvalue weighted by molar-refractivity contribution is -0.0406. The molecule has 3 heterocycles. The molecule has 0 unspecified atom stereocenters. The van der Waals surface area contributed by atoms with Gasteiger partial charge < -0.3 is 4.74 Å². The average Bonchev–Trinajstić information content (AvgIpc) is 3.09. The van der Waals surface area contributed by atoms with Gasteiger partial charge in [-0.25, -0.2) is 15.0 Å². The van der Waals surface area contributed by atoms with Crippen molar-refractivity contribution >= 4 is 11.0 Å². The highest BCUT2D eigenvalue weighted by atomic mass is 16.5. The number of aryl methyl sites for hydroxylation is 1. The van der Waals surface area contributed by atoms with Crippen LogP contribution < -0.4 is 0 Å². The van der Waals surface area contributed by atoms with E-state index >= 15 is 0 Å². The number of hydrogen-bond donors (Lipinski definition) is 0. The Morgan fingerprint density at radius 3 is 2.83 bits per heavy atom. The lowest BCUT2D eigenvalue weighted by Gasteiger charge is -2.32. The molecule has 1 saturated heterocycles. The number of aromatic nitrogens is 5. The lowest BCUT2D eigenvalue weighted by Crippen LogP contribution is -2.44. The summed E-state index contributed by atoms with van der Waals surface area (Å²) in [6.07, 6.45) is 3.39. The molecule has 124 valence electrons. The van der Waals surface area contributed by atoms with Gasteiger partial charge in [0.25, 0.3) is 0 Å². The Kier molecular flexibility index (Phi) is 4.18. The Morgan fingerprint density at radius 1 is 1.21 bits per heavy atom. The molecule has 4 rings (SSSR count). The van der Waals surface area contributed by atoms with Gasteiger partial charge in [0.1, 0.15) is 12.7 Å². The highest BCUT2D eigenvalue weighted by Gasteiger charge is 2.22. The van der Waals surface area contributed by atoms with Crippen molar-refractivity contribution in [2.45, 2.75) is 26.1 Å². The Morgan fingerprint density at radius 2 is 2.04 bits per heavy atom. The third kappa shape index (κ3) is 3.27. The Bertz CT molecular complexity index is 819. The molecule has 0 amide bonds. The summed E-state index contributed by atoms with van der Waals surface area (Å²) in [4.78, 5) is 15.8. The van der Waals surface area contributed by atoms with Gasteiger partial charge in [-0.05, 0) is 19.1 Å². The van der Waals surface area contributed by atoms with E-state index in [0.717, 1.165) is 55.2 Å². The van der Waals surface area contributed by atoms with Gasteiger partial charge in [-0.15, -0.1) is 0 Å². The molecule has 0 radical (unpaired) electrons. The van der Waals surface area contributed by atoms with E-state index in [9.17, 15) is 0 Å². The molecule has 2 aromatic heterocycles. The number of fused-ring (bicyclic) bond motifs is 1. The maximum Gasteiger partial charge on any atom is 0.137 e. The number of para-hydroxylation sites is 2. The van der Waals surface area contributed by atoms with Crippen molar-refractivity contribution < 1.29 is 4.74 Å². The summed E-state index contributed by atoms with van der Waals surface area (Å²) in [5.74, 6) is 0. The van der Waals surface area contributed by atoms with Crippen LogP contribution in [-0.2, 0) is 17.8 Å². The minimum absolute atomic E-state index is 0.120. The Labute approximate surface area is 140 Å². The number of hydrogen-bond acceptors (Lipinski definition) is 6. The molecule has 1 aliphatic heterocycles. The topological polar surface area (TPSA) is 69.0 Å². The summed E-state index contributed by atoms with van der Waals surface area (Å²) >= 11 is 0. The van der Waals surface area contributed by atoms with Gasteiger partial charge in [-0.1, -0.05) is 12.1 Å². The van der Waals surface area contributed by atoms with Gasteiger partial charge in [0.2, 0.25) is 0 Å². The molecular weight excluding hydrogens is 304 g/mol. The fraction of sp³-hybridized carbons (Fsp3) is 0.412. The SMILES string of the molecule is Cc1nc2ccccc2nc1CN1CCO[C@H](Cn2cncn2)C1. The molecule has 1 aliphatic rings. The van der Waals surface area contributed by atoms with Crippen molar-refractivity contribution in [1.82, 2.24) is 29.6 Å². The minimum atomic E-state index is 0.120. The van der Waals surface area contributed by atoms with E-state index < -0.39 is 0 Å². The van der Waals surface area contributed by atoms with E-state index in [0.29, 0.717) is 0 Å². The molecule has 1 aromatic carbocycles. The van der Waals surface area contributed by atoms with E-state index in [1.165, 1.54) is 0 Å². The van der Waals surface area contributed by atoms with Gasteiger partial charge in [0.05, 0.1) is 41.7 Å². The zero-order valence-electron chi connectivity index (χ0n) is 13.7. The van der Waals surface area contributed by atoms with Gasteiger partial charge in [-0.3, -0.25) is 9.58 Å². The van der Waals surface area contributed by atoms with Crippen LogP contribution in [0.3, 0.4) is 0 Å². The average molecular weight is 324 g/mol. The standard InChI is InChI=1S/C17H20N6O/c1-13-17(21-16-5-3-2-4-15(16)20-13)10-22-6-7-24-14(8-22)9-23-12-18-11-19-23/h2-5,11-12,14H,6-10H2,1H3/t14-/m0/s1. The van der Waals surface area contributed by atoms with Crippen LogP contribution in [-0.4, -0.2) is 55.4 Å². The highest BCUT2D eigenvalue weighted by Crippen LogP contribution is 2.16. The third-order valence-electron chi connectivity index (χ3n) is 4.30. The van der Waals surface area contributed by atoms with Crippen molar-refractivity contribution in [2.24, 2.45) is 0 Å². The lowest BCUT2D eigenvalue weighted by atomic mass is 10.2. The quantitative estimate of drug-likeness (QED) is 0.723. The smallest absolute Gasteiger partial charge is 0.137 e. The highest BCUT2D eigenvalue weighted by molar-refractivity contribution is 5.74. The molecule has 0 aliphatic carbocycles. The van der Waals surface area contributed by atoms with Crippen LogP contribution in [0, 0.1) is 6.92 Å². The predicted molar refractivity (Wildman–Crippen MR) is 89.3 cm³/mol. The first kappa shape index (κ1) is 15.2. The maximum absolute atomic E-state index is 5.85. The summed E-state index contributed by atoms with van der Waals surface area (Å²) in [6.45, 7) is 6.02. The van der Waals surface area contributed by atoms with Crippen LogP contribution in [0.15, 0.2) is 36.9 Å². The molecule has 0 spiro atoms. The summed E-state index contributed by atoms with van der Waals surface area (Å²) in [6, 6.07) is 8.01. The largest absolute Gasteiger partial charge is 0.374 e. The second-order valence-electron chi connectivity index (χ2n) is 6.09. The second-order valence-corrected chi connectivity index (χ2v) is 6.09. The molecule has 0 bridgehead atoms. The first-order valence-corrected chi connectivity index (χ1v) is 8.16. The Balaban J connectivity index is 1.47. The zero-order chi connectivity index (χ0) is 16.4. The molecular formula is C17H20N6O. The number of ether oxygens (including phenoxy) is 1. The van der Waals surface area contributed by atoms with E-state index in [-0.39, 0.29) is 6.10 Å². The fourth-order valence-electron chi connectivity index (χ4n) is 3.06. The molecule has 3 aromatic rings. The summed E-state index contributed by atoms with van der Waals surface area (Å²) in [5.41, 5.74) is 3.93. The van der Waals surface area contributed by atoms with Gasteiger partial charge >= 0.3 is 0 Å². The van der Waals surface area contributed by atoms with E-state index in [2.05, 4.69) is 20.0 Å². The summed E-state index contributed by atoms with van der Waals surface area (Å²) in [5, 5.41) is 4.15. The molecule has 7 heteroatoms. The van der Waals surface area contributed by atoms with Crippen molar-refractivity contribution in [3.8, 4) is 0 Å². The Hall–Kier alpha value is -2.38. The third-order valence-corrected chi connectivity index (χ3v) is 4.30. The van der Waals surface area contributed by atoms with Crippen LogP contribution in [0.4, 0.5) is 0 Å². The first-order valence-electron chi connectivity index (χ1n) is 8.16. The fourth-order valence-corrected chi connectivity index (χ4v) is 3.06. The van der Waals surface area contributed by atoms with E-state index in [4.69, 9.17) is 9.72 Å². The normalized spacial score (nSPS) is 19.0. The summed E-state index contributed by atoms with van der Waals surface area (Å²) in [7, 11) is 0. The number of rotatable bonds is 4. The molecule has 0 N–H and O–H groups in total. The molecule has 1 fully saturated rings. The van der Waals surface area contributed by atoms with Crippen LogP contribution in [0.2, 0.25) is 0 Å². The van der Waals surface area contributed by atoms with E-state index in [1.54, 1.807) is 12.7 Å². The molecule has 24 heavy (non-hydrogen) atoms. The van der Waals surface area contributed by atoms with Gasteiger partial charge in [-0.2, -0.15) is 5.10 Å². The molecule has 7 nitrogen and oxygen atoms in total. The number of nitrogens with zero attached hydrogens (tertiary/aromatic N) is 6. The number of morpholine rings is 1.